The molecule has 5 heavy (non-hydrogen) atoms. The van der Waals surface area contributed by atoms with Gasteiger partial charge in [0.25, 0.3) is 0 Å². The highest BCUT2D eigenvalue weighted by molar-refractivity contribution is 7.90. The van der Waals surface area contributed by atoms with Gasteiger partial charge in [-0.15, -0.1) is 24.8 Å². The molecule has 0 saturated carbocycles. The van der Waals surface area contributed by atoms with Crippen LogP contribution >= 0.6 is 54.6 Å². The Kier molecular flexibility index (Phi) is 56.1. The molecule has 0 aliphatic rings. The van der Waals surface area contributed by atoms with Crippen LogP contribution in [0.25, 0.3) is 0 Å². The van der Waals surface area contributed by atoms with Crippen LogP contribution in [0.5, 0.6) is 0 Å². The van der Waals surface area contributed by atoms with Gasteiger partial charge in [0, 0.05) is 0 Å². The smallest absolute Gasteiger partial charge is 0.0713 e. The largest absolute Gasteiger partial charge is 0.147 e. The van der Waals surface area contributed by atoms with Crippen LogP contribution in [0, 0.1) is 0 Å². The van der Waals surface area contributed by atoms with Gasteiger partial charge in [-0.3, -0.25) is 0 Å². The molecule has 36 valence electrons. The third-order valence-corrected chi connectivity index (χ3v) is 0. The van der Waals surface area contributed by atoms with Crippen molar-refractivity contribution >= 4 is 54.6 Å². The summed E-state index contributed by atoms with van der Waals surface area (Å²) in [6.45, 7) is 0. The molecule has 0 unspecified atom stereocenters. The number of rotatable bonds is 0. The van der Waals surface area contributed by atoms with E-state index in [1.54, 1.807) is 0 Å². The van der Waals surface area contributed by atoms with Crippen LogP contribution < -0.4 is 0 Å². The minimum absolute atomic E-state index is 0. The first-order valence-corrected chi connectivity index (χ1v) is 3.40. The Morgan fingerprint density at radius 2 is 1.00 bits per heavy atom. The molecular weight excluding hydrogens is 173 g/mol. The summed E-state index contributed by atoms with van der Waals surface area (Å²) < 4.78 is 0. The lowest BCUT2D eigenvalue weighted by atomic mass is 30.6. The second-order valence-corrected chi connectivity index (χ2v) is 1.93. The molecule has 0 aromatic heterocycles. The zero-order valence-electron chi connectivity index (χ0n) is 2.07. The van der Waals surface area contributed by atoms with E-state index in [1.807, 2.05) is 0 Å². The van der Waals surface area contributed by atoms with E-state index in [2.05, 4.69) is 0 Å². The van der Waals surface area contributed by atoms with Crippen LogP contribution in [-0.4, -0.2) is 0 Å². The van der Waals surface area contributed by atoms with Crippen molar-refractivity contribution in [3.8, 4) is 0 Å². The van der Waals surface area contributed by atoms with Gasteiger partial charge in [0.15, 0.2) is 0 Å². The maximum absolute atomic E-state index is 4.79. The molecule has 0 nitrogen and oxygen atoms in total. The minimum atomic E-state index is 0. The van der Waals surface area contributed by atoms with Crippen molar-refractivity contribution in [2.45, 2.75) is 0 Å². The second-order valence-electron chi connectivity index (χ2n) is 0.0714. The van der Waals surface area contributed by atoms with Crippen LogP contribution in [0.3, 0.4) is 0 Å². The summed E-state index contributed by atoms with van der Waals surface area (Å²) in [4.78, 5) is 0. The third kappa shape index (κ3) is 28.5. The van der Waals surface area contributed by atoms with Crippen LogP contribution in [0.2, 0.25) is 0 Å². The average Bonchev–Trinajstić information content (AvgIpc) is 0.918. The highest BCUT2D eigenvalue weighted by Gasteiger charge is 1.41. The van der Waals surface area contributed by atoms with E-state index in [-0.39, 0.29) is 32.1 Å². The van der Waals surface area contributed by atoms with Gasteiger partial charge in [0.05, 0.1) is 7.29 Å². The van der Waals surface area contributed by atoms with Crippen LogP contribution in [0.1, 0.15) is 0 Å². The molecule has 0 saturated heterocycles. The summed E-state index contributed by atoms with van der Waals surface area (Å²) in [5.41, 5.74) is 0. The predicted octanol–water partition coefficient (Wildman–Crippen LogP) is 2.82. The summed E-state index contributed by atoms with van der Waals surface area (Å²) in [5, 5.41) is 0. The molecule has 5 heteroatoms. The van der Waals surface area contributed by atoms with E-state index in [9.17, 15) is 0 Å². The van der Waals surface area contributed by atoms with Gasteiger partial charge in [0.2, 0.25) is 0 Å². The lowest BCUT2D eigenvalue weighted by molar-refractivity contribution is 4.88. The zero-order valence-corrected chi connectivity index (χ0v) is 6.22. The Balaban J connectivity index is -0.0000000200. The van der Waals surface area contributed by atoms with E-state index >= 15 is 0 Å². The molecule has 0 aliphatic carbocycles. The Morgan fingerprint density at radius 3 is 1.00 bits per heavy atom. The van der Waals surface area contributed by atoms with E-state index in [4.69, 9.17) is 22.5 Å². The molecule has 0 amide bonds. The third-order valence-electron chi connectivity index (χ3n) is 0. The Morgan fingerprint density at radius 1 is 1.00 bits per heavy atom. The monoisotopic (exact) mass is 174 g/mol. The van der Waals surface area contributed by atoms with Crippen molar-refractivity contribution in [3.63, 3.8) is 0 Å². The first kappa shape index (κ1) is 16.0. The lowest BCUT2D eigenvalue weighted by Crippen LogP contribution is -0.641. The van der Waals surface area contributed by atoms with E-state index in [0.29, 0.717) is 0 Å². The normalized spacial score (nSPS) is 3.60. The molecule has 0 radical (unpaired) electrons. The molecule has 0 aromatic carbocycles. The van der Waals surface area contributed by atoms with E-state index in [0.717, 1.165) is 0 Å². The lowest BCUT2D eigenvalue weighted by Gasteiger charge is -1.42. The summed E-state index contributed by atoms with van der Waals surface area (Å²) >= 11 is 9.58. The predicted molar refractivity (Wildman–Crippen MR) is 34.5 cm³/mol. The molecule has 0 spiro atoms. The molecule has 0 aliphatic heterocycles. The fourth-order valence-electron chi connectivity index (χ4n) is 0. The van der Waals surface area contributed by atoms with Gasteiger partial charge in [-0.1, -0.05) is 22.5 Å². The van der Waals surface area contributed by atoms with Crippen molar-refractivity contribution in [1.82, 2.24) is 0 Å². The Bertz CT molecular complexity index is 3.61. The van der Waals surface area contributed by atoms with Crippen molar-refractivity contribution in [1.29, 1.82) is 0 Å². The summed E-state index contributed by atoms with van der Waals surface area (Å²) in [5.74, 6) is 0. The summed E-state index contributed by atoms with van der Waals surface area (Å²) in [7, 11) is 0.0278. The molecule has 0 aromatic rings. The van der Waals surface area contributed by atoms with E-state index < -0.39 is 0 Å². The molecule has 0 N–H and O–H groups in total. The van der Waals surface area contributed by atoms with Crippen molar-refractivity contribution in [2.75, 3.05) is 0 Å². The first-order chi connectivity index (χ1) is 1.41. The Hall–Kier alpha value is 1.59. The maximum atomic E-state index is 4.79. The van der Waals surface area contributed by atoms with Crippen molar-refractivity contribution in [3.05, 3.63) is 0 Å². The Labute approximate surface area is 54.8 Å². The average molecular weight is 176 g/mol. The standard InChI is InChI=1S/Cl2HP.2ClH/c1-3-2;;/h3H;2*1H. The van der Waals surface area contributed by atoms with Gasteiger partial charge in [-0.2, -0.15) is 0 Å². The molecule has 0 bridgehead atoms. The van der Waals surface area contributed by atoms with Gasteiger partial charge in [-0.25, -0.2) is 0 Å². The maximum Gasteiger partial charge on any atom is 0.0713 e. The highest BCUT2D eigenvalue weighted by atomic mass is 35.9. The fraction of sp³-hybridized carbons (Fsp3) is 0. The van der Waals surface area contributed by atoms with E-state index in [1.165, 1.54) is 0 Å². The van der Waals surface area contributed by atoms with Gasteiger partial charge < -0.3 is 0 Å². The first-order valence-electron chi connectivity index (χ1n) is 0.378. The molecule has 0 atom stereocenters. The quantitative estimate of drug-likeness (QED) is 0.497. The van der Waals surface area contributed by atoms with Crippen molar-refractivity contribution < 1.29 is 0 Å². The molecular formula is H3Cl4P. The number of halogens is 4. The van der Waals surface area contributed by atoms with Crippen molar-refractivity contribution in [2.24, 2.45) is 0 Å². The highest BCUT2D eigenvalue weighted by Crippen LogP contribution is 2.19. The SMILES string of the molecule is Cl.Cl.ClPCl. The second kappa shape index (κ2) is 17.6. The molecule has 0 rings (SSSR count). The molecule has 0 fully saturated rings. The van der Waals surface area contributed by atoms with Gasteiger partial charge in [0.1, 0.15) is 0 Å². The van der Waals surface area contributed by atoms with Crippen LogP contribution in [0.15, 0.2) is 0 Å². The number of hydrogen-bond donors (Lipinski definition) is 0. The summed E-state index contributed by atoms with van der Waals surface area (Å²) in [6, 6.07) is 0. The zero-order chi connectivity index (χ0) is 2.71. The van der Waals surface area contributed by atoms with Crippen LogP contribution in [0.4, 0.5) is 0 Å². The van der Waals surface area contributed by atoms with Gasteiger partial charge in [-0.05, 0) is 0 Å². The number of hydrogen-bond acceptors (Lipinski definition) is 0. The fourth-order valence-corrected chi connectivity index (χ4v) is 0. The summed E-state index contributed by atoms with van der Waals surface area (Å²) in [6.07, 6.45) is 0. The minimum Gasteiger partial charge on any atom is -0.147 e. The topological polar surface area (TPSA) is 0 Å². The van der Waals surface area contributed by atoms with Crippen LogP contribution in [-0.2, 0) is 0 Å². The van der Waals surface area contributed by atoms with Gasteiger partial charge >= 0.3 is 0 Å². The molecule has 0 heterocycles.